The van der Waals surface area contributed by atoms with Crippen molar-refractivity contribution in [2.45, 2.75) is 45.4 Å². The molecule has 0 radical (unpaired) electrons. The van der Waals surface area contributed by atoms with Gasteiger partial charge in [0, 0.05) is 0 Å². The van der Waals surface area contributed by atoms with Crippen molar-refractivity contribution in [1.82, 2.24) is 0 Å². The lowest BCUT2D eigenvalue weighted by molar-refractivity contribution is 0.449. The van der Waals surface area contributed by atoms with E-state index in [1.54, 1.807) is 5.57 Å². The highest BCUT2D eigenvalue weighted by Gasteiger charge is 2.18. The molecule has 16 heavy (non-hydrogen) atoms. The first-order valence-corrected chi connectivity index (χ1v) is 6.63. The molecular weight excluding hydrogens is 192 g/mol. The van der Waals surface area contributed by atoms with Crippen LogP contribution >= 0.6 is 0 Å². The minimum atomic E-state index is 0.816. The van der Waals surface area contributed by atoms with Gasteiger partial charge in [-0.25, -0.2) is 0 Å². The number of rotatable bonds is 3. The molecule has 1 saturated carbocycles. The molecule has 1 aromatic carbocycles. The van der Waals surface area contributed by atoms with Gasteiger partial charge in [0.25, 0.3) is 0 Å². The minimum absolute atomic E-state index is 0.816. The summed E-state index contributed by atoms with van der Waals surface area (Å²) in [5, 5.41) is 0. The lowest BCUT2D eigenvalue weighted by Crippen LogP contribution is -2.12. The normalized spacial score (nSPS) is 23.6. The van der Waals surface area contributed by atoms with Crippen molar-refractivity contribution in [3.05, 3.63) is 47.5 Å². The van der Waals surface area contributed by atoms with E-state index in [2.05, 4.69) is 43.3 Å². The van der Waals surface area contributed by atoms with E-state index >= 15 is 0 Å². The van der Waals surface area contributed by atoms with E-state index in [1.807, 2.05) is 0 Å². The molecule has 0 aliphatic heterocycles. The molecule has 86 valence electrons. The Morgan fingerprint density at radius 2 is 2.00 bits per heavy atom. The zero-order valence-corrected chi connectivity index (χ0v) is 10.3. The van der Waals surface area contributed by atoms with Crippen LogP contribution in [0.3, 0.4) is 0 Å². The Labute approximate surface area is 99.4 Å². The molecule has 0 N–H and O–H groups in total. The van der Waals surface area contributed by atoms with Gasteiger partial charge < -0.3 is 0 Å². The number of hydrogen-bond donors (Lipinski definition) is 0. The fourth-order valence-electron chi connectivity index (χ4n) is 2.77. The third kappa shape index (κ3) is 2.98. The van der Waals surface area contributed by atoms with Crippen LogP contribution in [0.25, 0.3) is 0 Å². The summed E-state index contributed by atoms with van der Waals surface area (Å²) < 4.78 is 0. The average molecular weight is 214 g/mol. The smallest absolute Gasteiger partial charge is 0.0163 e. The first-order valence-electron chi connectivity index (χ1n) is 6.63. The van der Waals surface area contributed by atoms with Crippen LogP contribution in [-0.2, 0) is 6.42 Å². The molecule has 0 heterocycles. The maximum Gasteiger partial charge on any atom is -0.0163 e. The van der Waals surface area contributed by atoms with Crippen LogP contribution in [0.1, 0.15) is 44.6 Å². The fourth-order valence-corrected chi connectivity index (χ4v) is 2.77. The van der Waals surface area contributed by atoms with Crippen molar-refractivity contribution in [2.75, 3.05) is 0 Å². The number of benzene rings is 1. The van der Waals surface area contributed by atoms with Gasteiger partial charge in [-0.1, -0.05) is 55.3 Å². The van der Waals surface area contributed by atoms with Gasteiger partial charge in [0.05, 0.1) is 0 Å². The lowest BCUT2D eigenvalue weighted by atomic mass is 9.80. The van der Waals surface area contributed by atoms with Crippen LogP contribution in [0.5, 0.6) is 0 Å². The third-order valence-corrected chi connectivity index (χ3v) is 3.58. The second kappa shape index (κ2) is 5.89. The van der Waals surface area contributed by atoms with E-state index in [0.29, 0.717) is 0 Å². The molecule has 0 saturated heterocycles. The molecule has 1 fully saturated rings. The van der Waals surface area contributed by atoms with Crippen LogP contribution < -0.4 is 0 Å². The second-order valence-corrected chi connectivity index (χ2v) is 4.82. The van der Waals surface area contributed by atoms with Crippen molar-refractivity contribution < 1.29 is 0 Å². The Hall–Kier alpha value is -1.04. The molecule has 0 aromatic heterocycles. The van der Waals surface area contributed by atoms with Crippen molar-refractivity contribution in [3.8, 4) is 0 Å². The first kappa shape index (κ1) is 11.4. The molecule has 0 heteroatoms. The summed E-state index contributed by atoms with van der Waals surface area (Å²) in [5.74, 6) is 0.816. The second-order valence-electron chi connectivity index (χ2n) is 4.82. The third-order valence-electron chi connectivity index (χ3n) is 3.58. The molecule has 1 unspecified atom stereocenters. The molecule has 1 atom stereocenters. The minimum Gasteiger partial charge on any atom is -0.0853 e. The van der Waals surface area contributed by atoms with E-state index < -0.39 is 0 Å². The molecule has 0 amide bonds. The number of allylic oxidation sites excluding steroid dienone is 2. The van der Waals surface area contributed by atoms with E-state index in [0.717, 1.165) is 5.92 Å². The predicted octanol–water partition coefficient (Wildman–Crippen LogP) is 4.76. The van der Waals surface area contributed by atoms with Crippen molar-refractivity contribution in [2.24, 2.45) is 5.92 Å². The molecular formula is C16H22. The van der Waals surface area contributed by atoms with E-state index in [1.165, 1.54) is 44.1 Å². The maximum absolute atomic E-state index is 2.47. The Morgan fingerprint density at radius 1 is 1.19 bits per heavy atom. The molecule has 1 aliphatic carbocycles. The number of hydrogen-bond acceptors (Lipinski definition) is 0. The highest BCUT2D eigenvalue weighted by Crippen LogP contribution is 2.32. The van der Waals surface area contributed by atoms with Crippen LogP contribution in [0, 0.1) is 5.92 Å². The first-order chi connectivity index (χ1) is 7.90. The van der Waals surface area contributed by atoms with Crippen LogP contribution in [0.15, 0.2) is 42.0 Å². The van der Waals surface area contributed by atoms with Gasteiger partial charge in [-0.05, 0) is 43.6 Å². The zero-order valence-electron chi connectivity index (χ0n) is 10.3. The van der Waals surface area contributed by atoms with Gasteiger partial charge in [0.15, 0.2) is 0 Å². The van der Waals surface area contributed by atoms with E-state index in [4.69, 9.17) is 0 Å². The highest BCUT2D eigenvalue weighted by atomic mass is 14.2. The summed E-state index contributed by atoms with van der Waals surface area (Å²) in [6.45, 7) is 2.25. The zero-order chi connectivity index (χ0) is 11.2. The maximum atomic E-state index is 2.47. The van der Waals surface area contributed by atoms with Crippen molar-refractivity contribution in [1.29, 1.82) is 0 Å². The van der Waals surface area contributed by atoms with Gasteiger partial charge >= 0.3 is 0 Å². The van der Waals surface area contributed by atoms with Crippen molar-refractivity contribution >= 4 is 0 Å². The standard InChI is InChI=1S/C16H22/c1-2-8-15-11-6-7-12-16(15)13-14-9-4-3-5-10-14/h3-5,8-10,16H,2,6-7,11-13H2,1H3. The Morgan fingerprint density at radius 3 is 2.75 bits per heavy atom. The summed E-state index contributed by atoms with van der Waals surface area (Å²) in [7, 11) is 0. The topological polar surface area (TPSA) is 0 Å². The summed E-state index contributed by atoms with van der Waals surface area (Å²) in [6, 6.07) is 10.9. The highest BCUT2D eigenvalue weighted by molar-refractivity contribution is 5.19. The molecule has 1 aliphatic rings. The van der Waals surface area contributed by atoms with E-state index in [-0.39, 0.29) is 0 Å². The van der Waals surface area contributed by atoms with Crippen LogP contribution in [0.2, 0.25) is 0 Å². The largest absolute Gasteiger partial charge is 0.0853 e. The SMILES string of the molecule is CCC=C1CCCCC1Cc1ccccc1. The monoisotopic (exact) mass is 214 g/mol. The molecule has 0 spiro atoms. The van der Waals surface area contributed by atoms with Gasteiger partial charge in [-0.15, -0.1) is 0 Å². The van der Waals surface area contributed by atoms with Gasteiger partial charge in [0.1, 0.15) is 0 Å². The summed E-state index contributed by atoms with van der Waals surface area (Å²) in [4.78, 5) is 0. The van der Waals surface area contributed by atoms with Gasteiger partial charge in [-0.2, -0.15) is 0 Å². The average Bonchev–Trinajstić information content (AvgIpc) is 2.33. The summed E-state index contributed by atoms with van der Waals surface area (Å²) in [6.07, 6.45) is 10.4. The van der Waals surface area contributed by atoms with Crippen LogP contribution in [0.4, 0.5) is 0 Å². The van der Waals surface area contributed by atoms with Crippen LogP contribution in [-0.4, -0.2) is 0 Å². The van der Waals surface area contributed by atoms with E-state index in [9.17, 15) is 0 Å². The molecule has 2 rings (SSSR count). The Balaban J connectivity index is 2.04. The predicted molar refractivity (Wildman–Crippen MR) is 70.5 cm³/mol. The quantitative estimate of drug-likeness (QED) is 0.637. The molecule has 1 aromatic rings. The molecule has 0 bridgehead atoms. The lowest BCUT2D eigenvalue weighted by Gasteiger charge is -2.25. The fraction of sp³-hybridized carbons (Fsp3) is 0.500. The molecule has 0 nitrogen and oxygen atoms in total. The van der Waals surface area contributed by atoms with Crippen molar-refractivity contribution in [3.63, 3.8) is 0 Å². The summed E-state index contributed by atoms with van der Waals surface area (Å²) in [5.41, 5.74) is 3.22. The Bertz CT molecular complexity index is 334. The summed E-state index contributed by atoms with van der Waals surface area (Å²) >= 11 is 0. The Kier molecular flexibility index (Phi) is 4.21. The van der Waals surface area contributed by atoms with Gasteiger partial charge in [0.2, 0.25) is 0 Å². The van der Waals surface area contributed by atoms with Gasteiger partial charge in [-0.3, -0.25) is 0 Å².